The Morgan fingerprint density at radius 1 is 1.05 bits per heavy atom. The number of piperazine rings is 1. The van der Waals surface area contributed by atoms with Crippen molar-refractivity contribution in [3.05, 3.63) is 99.0 Å². The van der Waals surface area contributed by atoms with Gasteiger partial charge in [0.05, 0.1) is 18.2 Å². The van der Waals surface area contributed by atoms with Gasteiger partial charge in [0.25, 0.3) is 0 Å². The molecule has 5 rings (SSSR count). The molecule has 3 aromatic rings. The number of rotatable bonds is 5. The van der Waals surface area contributed by atoms with Gasteiger partial charge in [-0.25, -0.2) is 4.79 Å². The number of carbonyl (C=O) groups excluding carboxylic acids is 2. The quantitative estimate of drug-likeness (QED) is 0.341. The summed E-state index contributed by atoms with van der Waals surface area (Å²) in [5.41, 5.74) is 2.54. The third-order valence-corrected chi connectivity index (χ3v) is 8.38. The van der Waals surface area contributed by atoms with Crippen LogP contribution in [0.15, 0.2) is 71.7 Å². The van der Waals surface area contributed by atoms with Crippen molar-refractivity contribution in [3.63, 3.8) is 0 Å². The lowest BCUT2D eigenvalue weighted by Crippen LogP contribution is -2.55. The van der Waals surface area contributed by atoms with Crippen molar-refractivity contribution in [2.75, 3.05) is 26.2 Å². The van der Waals surface area contributed by atoms with Crippen LogP contribution < -0.4 is 10.1 Å². The summed E-state index contributed by atoms with van der Waals surface area (Å²) in [6, 6.07) is 20.3. The molecule has 0 aliphatic carbocycles. The van der Waals surface area contributed by atoms with Crippen molar-refractivity contribution in [3.8, 4) is 5.75 Å². The van der Waals surface area contributed by atoms with Crippen molar-refractivity contribution < 1.29 is 14.3 Å². The monoisotopic (exact) mass is 606 g/mol. The zero-order valence-corrected chi connectivity index (χ0v) is 26.1. The molecule has 2 heterocycles. The molecule has 1 saturated heterocycles. The Hall–Kier alpha value is -3.55. The number of aliphatic imine (C=N–C) groups is 1. The molecule has 9 heteroatoms. The first-order valence-corrected chi connectivity index (χ1v) is 14.9. The second-order valence-electron chi connectivity index (χ2n) is 11.9. The number of halogens is 2. The first kappa shape index (κ1) is 29.9. The van der Waals surface area contributed by atoms with Crippen LogP contribution in [0.2, 0.25) is 10.0 Å². The van der Waals surface area contributed by atoms with Crippen LogP contribution in [0.1, 0.15) is 62.9 Å². The van der Waals surface area contributed by atoms with Gasteiger partial charge in [0.1, 0.15) is 23.7 Å². The molecule has 220 valence electrons. The van der Waals surface area contributed by atoms with E-state index in [0.29, 0.717) is 46.9 Å². The highest BCUT2D eigenvalue weighted by molar-refractivity contribution is 6.30. The third kappa shape index (κ3) is 5.72. The number of hydrogen-bond donors (Lipinski definition) is 1. The Morgan fingerprint density at radius 3 is 2.29 bits per heavy atom. The van der Waals surface area contributed by atoms with E-state index in [0.717, 1.165) is 16.7 Å². The van der Waals surface area contributed by atoms with Gasteiger partial charge in [-0.3, -0.25) is 14.7 Å². The minimum atomic E-state index is -0.909. The molecule has 7 nitrogen and oxygen atoms in total. The first-order chi connectivity index (χ1) is 19.9. The second kappa shape index (κ2) is 11.6. The van der Waals surface area contributed by atoms with Crippen molar-refractivity contribution in [1.82, 2.24) is 15.1 Å². The fraction of sp³-hybridized carbons (Fsp3) is 0.364. The molecule has 0 saturated carbocycles. The minimum Gasteiger partial charge on any atom is -0.493 e. The summed E-state index contributed by atoms with van der Waals surface area (Å²) in [4.78, 5) is 35.6. The van der Waals surface area contributed by atoms with Crippen LogP contribution in [0.5, 0.6) is 5.75 Å². The second-order valence-corrected chi connectivity index (χ2v) is 12.7. The molecular weight excluding hydrogens is 571 g/mol. The average molecular weight is 608 g/mol. The van der Waals surface area contributed by atoms with Crippen LogP contribution in [-0.4, -0.2) is 53.8 Å². The fourth-order valence-corrected chi connectivity index (χ4v) is 5.88. The van der Waals surface area contributed by atoms with E-state index in [1.165, 1.54) is 0 Å². The molecule has 0 spiro atoms. The van der Waals surface area contributed by atoms with Crippen molar-refractivity contribution >= 4 is 41.0 Å². The Morgan fingerprint density at radius 2 is 1.69 bits per heavy atom. The highest BCUT2D eigenvalue weighted by Crippen LogP contribution is 2.50. The summed E-state index contributed by atoms with van der Waals surface area (Å²) in [6.45, 7) is 11.6. The summed E-state index contributed by atoms with van der Waals surface area (Å²) < 4.78 is 6.19. The topological polar surface area (TPSA) is 74.2 Å². The van der Waals surface area contributed by atoms with Crippen molar-refractivity contribution in [2.24, 2.45) is 4.99 Å². The number of amidine groups is 1. The largest absolute Gasteiger partial charge is 0.493 e. The first-order valence-electron chi connectivity index (χ1n) is 14.2. The predicted octanol–water partition coefficient (Wildman–Crippen LogP) is 6.96. The maximum atomic E-state index is 14.6. The summed E-state index contributed by atoms with van der Waals surface area (Å²) in [5, 5.41) is 4.01. The van der Waals surface area contributed by atoms with E-state index in [1.54, 1.807) is 9.80 Å². The molecule has 2 aliphatic rings. The molecule has 3 amide bonds. The molecule has 1 fully saturated rings. The van der Waals surface area contributed by atoms with E-state index in [-0.39, 0.29) is 23.9 Å². The van der Waals surface area contributed by atoms with Gasteiger partial charge in [0.15, 0.2) is 0 Å². The molecule has 3 aromatic carbocycles. The lowest BCUT2D eigenvalue weighted by Gasteiger charge is -2.38. The standard InChI is InChI=1S/C33H36Cl2N4O3/c1-6-42-27-19-23(32(2,3)4)11-16-26(27)30-37-33(5,22-9-14-25(35)15-10-22)29(21-7-12-24(34)13-8-21)39(30)31(41)38-18-17-36-28(40)20-38/h7-16,19,29H,6,17-18,20H2,1-5H3,(H,36,40)/t29-,33+/m1/s1. The zero-order valence-electron chi connectivity index (χ0n) is 24.6. The van der Waals surface area contributed by atoms with E-state index in [1.807, 2.05) is 74.5 Å². The SMILES string of the molecule is CCOc1cc(C(C)(C)C)ccc1C1=N[C@@](C)(c2ccc(Cl)cc2)[C@@H](c2ccc(Cl)cc2)N1C(=O)N1CCNC(=O)C1. The molecule has 0 radical (unpaired) electrons. The summed E-state index contributed by atoms with van der Waals surface area (Å²) in [7, 11) is 0. The molecule has 2 atom stereocenters. The molecule has 0 aromatic heterocycles. The van der Waals surface area contributed by atoms with E-state index in [4.69, 9.17) is 32.9 Å². The Kier molecular flexibility index (Phi) is 8.28. The van der Waals surface area contributed by atoms with Crippen molar-refractivity contribution in [1.29, 1.82) is 0 Å². The van der Waals surface area contributed by atoms with Crippen LogP contribution in [0.25, 0.3) is 0 Å². The summed E-state index contributed by atoms with van der Waals surface area (Å²) >= 11 is 12.6. The van der Waals surface area contributed by atoms with Gasteiger partial charge in [-0.2, -0.15) is 0 Å². The van der Waals surface area contributed by atoms with Crippen LogP contribution in [0, 0.1) is 0 Å². The van der Waals surface area contributed by atoms with Gasteiger partial charge < -0.3 is 15.0 Å². The van der Waals surface area contributed by atoms with Gasteiger partial charge in [0, 0.05) is 23.1 Å². The minimum absolute atomic E-state index is 0.0328. The van der Waals surface area contributed by atoms with Gasteiger partial charge in [-0.05, 0) is 72.4 Å². The highest BCUT2D eigenvalue weighted by atomic mass is 35.5. The van der Waals surface area contributed by atoms with Crippen LogP contribution in [0.3, 0.4) is 0 Å². The van der Waals surface area contributed by atoms with Crippen molar-refractivity contribution in [2.45, 2.75) is 51.6 Å². The predicted molar refractivity (Wildman–Crippen MR) is 168 cm³/mol. The Bertz CT molecular complexity index is 1520. The molecule has 42 heavy (non-hydrogen) atoms. The summed E-state index contributed by atoms with van der Waals surface area (Å²) in [6.07, 6.45) is 0. The van der Waals surface area contributed by atoms with Crippen LogP contribution in [0.4, 0.5) is 4.79 Å². The number of benzene rings is 3. The normalized spacial score (nSPS) is 20.8. The lowest BCUT2D eigenvalue weighted by atomic mass is 9.81. The van der Waals surface area contributed by atoms with Crippen LogP contribution in [-0.2, 0) is 15.7 Å². The van der Waals surface area contributed by atoms with Gasteiger partial charge >= 0.3 is 6.03 Å². The molecule has 0 unspecified atom stereocenters. The lowest BCUT2D eigenvalue weighted by molar-refractivity contribution is -0.123. The van der Waals surface area contributed by atoms with E-state index in [9.17, 15) is 9.59 Å². The molecule has 1 N–H and O–H groups in total. The average Bonchev–Trinajstić information content (AvgIpc) is 3.27. The number of carbonyl (C=O) groups is 2. The van der Waals surface area contributed by atoms with Gasteiger partial charge in [-0.1, -0.05) is 74.3 Å². The summed E-state index contributed by atoms with van der Waals surface area (Å²) in [5.74, 6) is 0.931. The number of urea groups is 1. The molecule has 0 bridgehead atoms. The van der Waals surface area contributed by atoms with E-state index >= 15 is 0 Å². The van der Waals surface area contributed by atoms with Crippen LogP contribution >= 0.6 is 23.2 Å². The number of nitrogens with zero attached hydrogens (tertiary/aromatic N) is 3. The number of amides is 3. The van der Waals surface area contributed by atoms with E-state index in [2.05, 4.69) is 32.2 Å². The number of ether oxygens (including phenoxy) is 1. The zero-order chi connectivity index (χ0) is 30.2. The maximum absolute atomic E-state index is 14.6. The van der Waals surface area contributed by atoms with Gasteiger partial charge in [0.2, 0.25) is 5.91 Å². The third-order valence-electron chi connectivity index (χ3n) is 7.87. The smallest absolute Gasteiger partial charge is 0.326 e. The van der Waals surface area contributed by atoms with E-state index < -0.39 is 11.6 Å². The highest BCUT2D eigenvalue weighted by Gasteiger charge is 2.52. The number of nitrogens with one attached hydrogen (secondary N) is 1. The number of hydrogen-bond acceptors (Lipinski definition) is 4. The van der Waals surface area contributed by atoms with Gasteiger partial charge in [-0.15, -0.1) is 0 Å². The maximum Gasteiger partial charge on any atom is 0.326 e. The molecule has 2 aliphatic heterocycles. The fourth-order valence-electron chi connectivity index (χ4n) is 5.63. The molecular formula is C33H36Cl2N4O3. The Labute approximate surface area is 257 Å². The Balaban J connectivity index is 1.76.